The smallest absolute Gasteiger partial charge is 0.255 e. The number of hydrogen-bond donors (Lipinski definition) is 2. The summed E-state index contributed by atoms with van der Waals surface area (Å²) in [7, 11) is 1.63. The van der Waals surface area contributed by atoms with E-state index in [0.29, 0.717) is 40.7 Å². The van der Waals surface area contributed by atoms with E-state index in [0.717, 1.165) is 46.7 Å². The van der Waals surface area contributed by atoms with E-state index in [-0.39, 0.29) is 5.91 Å². The van der Waals surface area contributed by atoms with Crippen molar-refractivity contribution in [3.63, 3.8) is 0 Å². The number of carbonyl (C=O) groups is 1. The van der Waals surface area contributed by atoms with Crippen LogP contribution in [-0.4, -0.2) is 40.1 Å². The van der Waals surface area contributed by atoms with E-state index in [4.69, 9.17) is 19.6 Å². The molecule has 1 aromatic heterocycles. The van der Waals surface area contributed by atoms with Crippen molar-refractivity contribution >= 4 is 29.3 Å². The highest BCUT2D eigenvalue weighted by Crippen LogP contribution is 2.40. The minimum atomic E-state index is -0.506. The Morgan fingerprint density at radius 1 is 1.18 bits per heavy atom. The van der Waals surface area contributed by atoms with E-state index in [9.17, 15) is 4.79 Å². The number of fused-ring (bicyclic) bond motifs is 1. The van der Waals surface area contributed by atoms with Gasteiger partial charge < -0.3 is 20.1 Å². The lowest BCUT2D eigenvalue weighted by Gasteiger charge is -2.29. The van der Waals surface area contributed by atoms with Crippen molar-refractivity contribution in [2.24, 2.45) is 5.92 Å². The largest absolute Gasteiger partial charge is 0.493 e. The molecule has 9 heteroatoms. The topological polar surface area (TPSA) is 90.3 Å². The van der Waals surface area contributed by atoms with Gasteiger partial charge in [-0.05, 0) is 74.4 Å². The molecule has 2 heterocycles. The number of ether oxygens (including phenoxy) is 2. The Morgan fingerprint density at radius 3 is 2.69 bits per heavy atom. The van der Waals surface area contributed by atoms with E-state index in [1.807, 2.05) is 57.2 Å². The number of rotatable bonds is 11. The summed E-state index contributed by atoms with van der Waals surface area (Å²) in [5.41, 5.74) is 5.09. The molecule has 208 valence electrons. The number of benzene rings is 2. The first-order valence-electron chi connectivity index (χ1n) is 13.5. The third-order valence-electron chi connectivity index (χ3n) is 6.82. The van der Waals surface area contributed by atoms with Crippen LogP contribution in [0.3, 0.4) is 0 Å². The normalized spacial score (nSPS) is 14.7. The number of nitrogens with one attached hydrogen (secondary N) is 2. The van der Waals surface area contributed by atoms with E-state index in [1.54, 1.807) is 23.6 Å². The third-order valence-corrected chi connectivity index (χ3v) is 7.87. The summed E-state index contributed by atoms with van der Waals surface area (Å²) in [4.78, 5) is 18.6. The van der Waals surface area contributed by atoms with E-state index in [1.165, 1.54) is 0 Å². The SMILES string of the molecule is CCCSc1nc2n(n1)C(c1ccc(OCCC(C)C)c(OC)c1)C(C(=O)Nc1cccc(C)c1C)=C(C)N2. The van der Waals surface area contributed by atoms with Crippen LogP contribution in [0, 0.1) is 19.8 Å². The lowest BCUT2D eigenvalue weighted by atomic mass is 9.94. The maximum Gasteiger partial charge on any atom is 0.255 e. The van der Waals surface area contributed by atoms with Crippen molar-refractivity contribution < 1.29 is 14.3 Å². The number of carbonyl (C=O) groups excluding carboxylic acids is 1. The second-order valence-corrected chi connectivity index (χ2v) is 11.3. The van der Waals surface area contributed by atoms with Gasteiger partial charge in [0.1, 0.15) is 6.04 Å². The number of hydrogen-bond acceptors (Lipinski definition) is 7. The molecule has 1 amide bonds. The van der Waals surface area contributed by atoms with Crippen molar-refractivity contribution in [1.29, 1.82) is 0 Å². The van der Waals surface area contributed by atoms with Crippen molar-refractivity contribution in [3.8, 4) is 11.5 Å². The summed E-state index contributed by atoms with van der Waals surface area (Å²) in [6.07, 6.45) is 1.96. The molecule has 1 aliphatic heterocycles. The molecule has 8 nitrogen and oxygen atoms in total. The molecule has 3 aromatic rings. The molecule has 2 N–H and O–H groups in total. The third kappa shape index (κ3) is 6.41. The minimum Gasteiger partial charge on any atom is -0.493 e. The predicted molar refractivity (Wildman–Crippen MR) is 158 cm³/mol. The molecule has 0 spiro atoms. The zero-order valence-electron chi connectivity index (χ0n) is 23.9. The molecule has 4 rings (SSSR count). The molecule has 0 saturated carbocycles. The van der Waals surface area contributed by atoms with Gasteiger partial charge in [-0.25, -0.2) is 4.68 Å². The highest BCUT2D eigenvalue weighted by atomic mass is 32.2. The van der Waals surface area contributed by atoms with Crippen molar-refractivity contribution in [3.05, 3.63) is 64.4 Å². The van der Waals surface area contributed by atoms with Crippen LogP contribution in [0.4, 0.5) is 11.6 Å². The predicted octanol–water partition coefficient (Wildman–Crippen LogP) is 6.76. The molecule has 39 heavy (non-hydrogen) atoms. The second-order valence-electron chi connectivity index (χ2n) is 10.2. The molecule has 0 bridgehead atoms. The van der Waals surface area contributed by atoms with Crippen LogP contribution in [-0.2, 0) is 4.79 Å². The Bertz CT molecular complexity index is 1360. The fourth-order valence-corrected chi connectivity index (χ4v) is 5.13. The average Bonchev–Trinajstić information content (AvgIpc) is 3.31. The van der Waals surface area contributed by atoms with Crippen molar-refractivity contribution in [2.75, 3.05) is 30.1 Å². The Morgan fingerprint density at radius 2 is 1.97 bits per heavy atom. The Labute approximate surface area is 235 Å². The molecule has 0 aliphatic carbocycles. The van der Waals surface area contributed by atoms with Crippen LogP contribution in [0.5, 0.6) is 11.5 Å². The Kier molecular flexibility index (Phi) is 9.22. The lowest BCUT2D eigenvalue weighted by molar-refractivity contribution is -0.113. The van der Waals surface area contributed by atoms with Gasteiger partial charge in [0.25, 0.3) is 5.91 Å². The highest BCUT2D eigenvalue weighted by Gasteiger charge is 2.35. The number of aromatic nitrogens is 3. The number of thioether (sulfide) groups is 1. The van der Waals surface area contributed by atoms with Gasteiger partial charge in [0.05, 0.1) is 19.3 Å². The van der Waals surface area contributed by atoms with Gasteiger partial charge in [-0.15, -0.1) is 5.10 Å². The fourth-order valence-electron chi connectivity index (χ4n) is 4.44. The first kappa shape index (κ1) is 28.5. The maximum atomic E-state index is 13.9. The zero-order valence-corrected chi connectivity index (χ0v) is 24.7. The molecule has 2 aromatic carbocycles. The molecule has 0 fully saturated rings. The van der Waals surface area contributed by atoms with Crippen molar-refractivity contribution in [1.82, 2.24) is 14.8 Å². The molecule has 0 radical (unpaired) electrons. The fraction of sp³-hybridized carbons (Fsp3) is 0.433. The lowest BCUT2D eigenvalue weighted by Crippen LogP contribution is -2.31. The number of nitrogens with zero attached hydrogens (tertiary/aromatic N) is 3. The minimum absolute atomic E-state index is 0.196. The zero-order chi connectivity index (χ0) is 28.1. The van der Waals surface area contributed by atoms with Gasteiger partial charge in [0, 0.05) is 17.1 Å². The van der Waals surface area contributed by atoms with Gasteiger partial charge in [0.2, 0.25) is 11.1 Å². The van der Waals surface area contributed by atoms with Crippen LogP contribution in [0.2, 0.25) is 0 Å². The van der Waals surface area contributed by atoms with Crippen LogP contribution in [0.1, 0.15) is 63.3 Å². The summed E-state index contributed by atoms with van der Waals surface area (Å²) in [5, 5.41) is 12.0. The first-order chi connectivity index (χ1) is 18.7. The quantitative estimate of drug-likeness (QED) is 0.255. The molecule has 1 unspecified atom stereocenters. The molecule has 1 atom stereocenters. The number of allylic oxidation sites excluding steroid dienone is 1. The van der Waals surface area contributed by atoms with Gasteiger partial charge in [-0.1, -0.05) is 50.7 Å². The average molecular weight is 550 g/mol. The van der Waals surface area contributed by atoms with Gasteiger partial charge in [-0.3, -0.25) is 4.79 Å². The molecule has 0 saturated heterocycles. The second kappa shape index (κ2) is 12.6. The van der Waals surface area contributed by atoms with E-state index in [2.05, 4.69) is 31.4 Å². The van der Waals surface area contributed by atoms with E-state index < -0.39 is 6.04 Å². The molecular weight excluding hydrogens is 510 g/mol. The summed E-state index contributed by atoms with van der Waals surface area (Å²) in [6, 6.07) is 11.2. The van der Waals surface area contributed by atoms with Gasteiger partial charge in [-0.2, -0.15) is 4.98 Å². The summed E-state index contributed by atoms with van der Waals surface area (Å²) >= 11 is 1.60. The Hall–Kier alpha value is -3.46. The monoisotopic (exact) mass is 549 g/mol. The summed E-state index contributed by atoms with van der Waals surface area (Å²) < 4.78 is 13.6. The summed E-state index contributed by atoms with van der Waals surface area (Å²) in [6.45, 7) is 13.0. The van der Waals surface area contributed by atoms with Gasteiger partial charge in [0.15, 0.2) is 11.5 Å². The van der Waals surface area contributed by atoms with E-state index >= 15 is 0 Å². The van der Waals surface area contributed by atoms with Gasteiger partial charge >= 0.3 is 0 Å². The maximum absolute atomic E-state index is 13.9. The van der Waals surface area contributed by atoms with Crippen LogP contribution in [0.25, 0.3) is 0 Å². The molecular formula is C30H39N5O3S. The summed E-state index contributed by atoms with van der Waals surface area (Å²) in [5.74, 6) is 3.16. The molecule has 1 aliphatic rings. The number of amides is 1. The number of methoxy groups -OCH3 is 1. The number of aryl methyl sites for hydroxylation is 1. The van der Waals surface area contributed by atoms with Crippen LogP contribution >= 0.6 is 11.8 Å². The highest BCUT2D eigenvalue weighted by molar-refractivity contribution is 7.99. The number of anilines is 2. The standard InChI is InChI=1S/C30H39N5O3S/c1-8-16-39-30-33-29-31-21(6)26(28(36)32-23-11-9-10-19(4)20(23)5)27(35(29)34-30)22-12-13-24(25(17-22)37-7)38-15-14-18(2)3/h9-13,17-18,27H,8,14-16H2,1-7H3,(H,32,36)(H,31,33,34). The van der Waals surface area contributed by atoms with Crippen LogP contribution in [0.15, 0.2) is 52.8 Å². The first-order valence-corrected chi connectivity index (χ1v) is 14.5. The Balaban J connectivity index is 1.75. The van der Waals surface area contributed by atoms with Crippen molar-refractivity contribution in [2.45, 2.75) is 65.6 Å². The van der Waals surface area contributed by atoms with Crippen LogP contribution < -0.4 is 20.1 Å².